The average Bonchev–Trinajstić information content (AvgIpc) is 2.78. The largest absolute Gasteiger partial charge is 0.497 e. The molecule has 0 aromatic heterocycles. The number of ketones is 1. The van der Waals surface area contributed by atoms with E-state index in [0.29, 0.717) is 41.0 Å². The van der Waals surface area contributed by atoms with Crippen LogP contribution in [0.2, 0.25) is 0 Å². The quantitative estimate of drug-likeness (QED) is 0.346. The van der Waals surface area contributed by atoms with Crippen LogP contribution in [0.15, 0.2) is 42.5 Å². The highest BCUT2D eigenvalue weighted by Crippen LogP contribution is 2.37. The Morgan fingerprint density at radius 1 is 1.00 bits per heavy atom. The number of hydrogen-bond donors (Lipinski definition) is 1. The third-order valence-corrected chi connectivity index (χ3v) is 5.85. The highest BCUT2D eigenvalue weighted by molar-refractivity contribution is 6.07. The van der Waals surface area contributed by atoms with Crippen molar-refractivity contribution in [3.05, 3.63) is 59.2 Å². The van der Waals surface area contributed by atoms with E-state index in [1.165, 1.54) is 0 Å². The zero-order chi connectivity index (χ0) is 21.0. The standard InChI is InChI=1S/C23H28N2O4/c1-16-19(11-8-12-20(16)29-3)22(27)25(24)23(13-5-4-6-14-23)21(26)17-9-7-10-18(15-17)28-2/h7-12,15H,4-6,13-14,24H2,1-3H3. The van der Waals surface area contributed by atoms with Crippen molar-refractivity contribution < 1.29 is 19.1 Å². The van der Waals surface area contributed by atoms with E-state index < -0.39 is 5.54 Å². The predicted octanol–water partition coefficient (Wildman–Crippen LogP) is 3.91. The monoisotopic (exact) mass is 396 g/mol. The van der Waals surface area contributed by atoms with Crippen molar-refractivity contribution in [1.82, 2.24) is 5.01 Å². The van der Waals surface area contributed by atoms with Gasteiger partial charge in [0, 0.05) is 16.7 Å². The first-order valence-corrected chi connectivity index (χ1v) is 9.86. The van der Waals surface area contributed by atoms with Crippen molar-refractivity contribution >= 4 is 11.7 Å². The van der Waals surface area contributed by atoms with Crippen LogP contribution in [0.25, 0.3) is 0 Å². The summed E-state index contributed by atoms with van der Waals surface area (Å²) in [7, 11) is 3.12. The summed E-state index contributed by atoms with van der Waals surface area (Å²) < 4.78 is 10.6. The molecule has 0 radical (unpaired) electrons. The molecule has 0 aliphatic heterocycles. The number of Topliss-reactive ketones (excluding diaryl/α,β-unsaturated/α-hetero) is 1. The van der Waals surface area contributed by atoms with Crippen molar-refractivity contribution in [2.75, 3.05) is 14.2 Å². The van der Waals surface area contributed by atoms with Crippen molar-refractivity contribution in [3.8, 4) is 11.5 Å². The van der Waals surface area contributed by atoms with E-state index in [4.69, 9.17) is 15.3 Å². The first kappa shape index (κ1) is 20.9. The molecule has 0 atom stereocenters. The van der Waals surface area contributed by atoms with Crippen LogP contribution in [-0.2, 0) is 0 Å². The number of nitrogens with zero attached hydrogens (tertiary/aromatic N) is 1. The van der Waals surface area contributed by atoms with Crippen LogP contribution >= 0.6 is 0 Å². The van der Waals surface area contributed by atoms with E-state index in [9.17, 15) is 9.59 Å². The van der Waals surface area contributed by atoms with Crippen LogP contribution in [-0.4, -0.2) is 36.5 Å². The number of carbonyl (C=O) groups excluding carboxylic acids is 2. The average molecular weight is 396 g/mol. The van der Waals surface area contributed by atoms with Gasteiger partial charge in [0.05, 0.1) is 14.2 Å². The van der Waals surface area contributed by atoms with Crippen molar-refractivity contribution in [2.24, 2.45) is 5.84 Å². The molecule has 1 amide bonds. The minimum atomic E-state index is -1.07. The van der Waals surface area contributed by atoms with Gasteiger partial charge in [-0.2, -0.15) is 0 Å². The highest BCUT2D eigenvalue weighted by atomic mass is 16.5. The van der Waals surface area contributed by atoms with Gasteiger partial charge in [-0.1, -0.05) is 37.5 Å². The molecule has 29 heavy (non-hydrogen) atoms. The summed E-state index contributed by atoms with van der Waals surface area (Å²) in [5, 5.41) is 1.16. The van der Waals surface area contributed by atoms with E-state index in [-0.39, 0.29) is 11.7 Å². The van der Waals surface area contributed by atoms with Gasteiger partial charge in [-0.05, 0) is 44.0 Å². The van der Waals surface area contributed by atoms with E-state index in [0.717, 1.165) is 24.3 Å². The fraction of sp³-hybridized carbons (Fsp3) is 0.391. The van der Waals surface area contributed by atoms with E-state index in [1.807, 2.05) is 6.92 Å². The number of benzene rings is 2. The number of hydrazine groups is 1. The SMILES string of the molecule is COc1cccc(C(=O)C2(N(N)C(=O)c3cccc(OC)c3C)CCCCC2)c1. The molecule has 154 valence electrons. The Kier molecular flexibility index (Phi) is 6.23. The number of carbonyl (C=O) groups is 2. The highest BCUT2D eigenvalue weighted by Gasteiger charge is 2.46. The molecule has 1 aliphatic carbocycles. The third-order valence-electron chi connectivity index (χ3n) is 5.85. The van der Waals surface area contributed by atoms with Gasteiger partial charge in [-0.15, -0.1) is 0 Å². The first-order valence-electron chi connectivity index (χ1n) is 9.86. The number of rotatable bonds is 6. The van der Waals surface area contributed by atoms with Gasteiger partial charge in [0.2, 0.25) is 0 Å². The van der Waals surface area contributed by atoms with Crippen LogP contribution < -0.4 is 15.3 Å². The summed E-state index contributed by atoms with van der Waals surface area (Å²) in [4.78, 5) is 27.0. The minimum Gasteiger partial charge on any atom is -0.497 e. The topological polar surface area (TPSA) is 81.9 Å². The lowest BCUT2D eigenvalue weighted by molar-refractivity contribution is 0.0295. The van der Waals surface area contributed by atoms with Gasteiger partial charge in [-0.25, -0.2) is 5.84 Å². The molecule has 0 spiro atoms. The molecule has 0 heterocycles. The summed E-state index contributed by atoms with van der Waals surface area (Å²) >= 11 is 0. The summed E-state index contributed by atoms with van der Waals surface area (Å²) in [6, 6.07) is 12.3. The Labute approximate surface area is 171 Å². The second-order valence-corrected chi connectivity index (χ2v) is 7.46. The number of nitrogens with two attached hydrogens (primary N) is 1. The maximum absolute atomic E-state index is 13.6. The lowest BCUT2D eigenvalue weighted by atomic mass is 9.75. The van der Waals surface area contributed by atoms with Gasteiger partial charge in [0.1, 0.15) is 17.0 Å². The van der Waals surface area contributed by atoms with E-state index in [1.54, 1.807) is 56.7 Å². The Morgan fingerprint density at radius 3 is 2.34 bits per heavy atom. The van der Waals surface area contributed by atoms with E-state index >= 15 is 0 Å². The third kappa shape index (κ3) is 3.85. The molecule has 0 unspecified atom stereocenters. The van der Waals surface area contributed by atoms with Gasteiger partial charge in [-0.3, -0.25) is 14.6 Å². The molecular weight excluding hydrogens is 368 g/mol. The molecule has 2 aromatic rings. The fourth-order valence-electron chi connectivity index (χ4n) is 4.14. The Hall–Kier alpha value is -2.86. The van der Waals surface area contributed by atoms with E-state index in [2.05, 4.69) is 0 Å². The Bertz CT molecular complexity index is 904. The maximum atomic E-state index is 13.6. The molecule has 2 N–H and O–H groups in total. The normalized spacial score (nSPS) is 15.4. The summed E-state index contributed by atoms with van der Waals surface area (Å²) in [5.41, 5.74) is 0.569. The zero-order valence-corrected chi connectivity index (χ0v) is 17.2. The van der Waals surface area contributed by atoms with Gasteiger partial charge < -0.3 is 9.47 Å². The summed E-state index contributed by atoms with van der Waals surface area (Å²) in [6.07, 6.45) is 3.78. The minimum absolute atomic E-state index is 0.146. The molecule has 2 aromatic carbocycles. The first-order chi connectivity index (χ1) is 13.9. The van der Waals surface area contributed by atoms with Crippen LogP contribution in [0.3, 0.4) is 0 Å². The number of amides is 1. The Morgan fingerprint density at radius 2 is 1.69 bits per heavy atom. The number of ether oxygens (including phenoxy) is 2. The molecule has 1 fully saturated rings. The molecule has 1 saturated carbocycles. The van der Waals surface area contributed by atoms with Crippen LogP contribution in [0, 0.1) is 6.92 Å². The van der Waals surface area contributed by atoms with Gasteiger partial charge in [0.15, 0.2) is 5.78 Å². The summed E-state index contributed by atoms with van der Waals surface area (Å²) in [6.45, 7) is 1.82. The molecular formula is C23H28N2O4. The van der Waals surface area contributed by atoms with Crippen LogP contribution in [0.5, 0.6) is 11.5 Å². The maximum Gasteiger partial charge on any atom is 0.269 e. The second-order valence-electron chi connectivity index (χ2n) is 7.46. The van der Waals surface area contributed by atoms with Crippen molar-refractivity contribution in [1.29, 1.82) is 0 Å². The molecule has 1 aliphatic rings. The van der Waals surface area contributed by atoms with Crippen molar-refractivity contribution in [2.45, 2.75) is 44.6 Å². The molecule has 0 saturated heterocycles. The van der Waals surface area contributed by atoms with Gasteiger partial charge >= 0.3 is 0 Å². The number of methoxy groups -OCH3 is 2. The summed E-state index contributed by atoms with van der Waals surface area (Å²) in [5.74, 6) is 7.11. The zero-order valence-electron chi connectivity index (χ0n) is 17.2. The lowest BCUT2D eigenvalue weighted by Crippen LogP contribution is -2.61. The Balaban J connectivity index is 2.01. The van der Waals surface area contributed by atoms with Crippen LogP contribution in [0.1, 0.15) is 58.4 Å². The number of hydrogen-bond acceptors (Lipinski definition) is 5. The second kappa shape index (κ2) is 8.66. The van der Waals surface area contributed by atoms with Gasteiger partial charge in [0.25, 0.3) is 5.91 Å². The smallest absolute Gasteiger partial charge is 0.269 e. The van der Waals surface area contributed by atoms with Crippen molar-refractivity contribution in [3.63, 3.8) is 0 Å². The predicted molar refractivity (Wildman–Crippen MR) is 111 cm³/mol. The molecule has 0 bridgehead atoms. The molecule has 3 rings (SSSR count). The molecule has 6 heteroatoms. The molecule has 6 nitrogen and oxygen atoms in total. The lowest BCUT2D eigenvalue weighted by Gasteiger charge is -2.42. The van der Waals surface area contributed by atoms with Crippen LogP contribution in [0.4, 0.5) is 0 Å². The fourth-order valence-corrected chi connectivity index (χ4v) is 4.14.